The number of urea groups is 1. The summed E-state index contributed by atoms with van der Waals surface area (Å²) in [6, 6.07) is 2.83. The smallest absolute Gasteiger partial charge is 0.317 e. The Balaban J connectivity index is 1.15. The molecule has 1 saturated heterocycles. The van der Waals surface area contributed by atoms with Gasteiger partial charge < -0.3 is 10.2 Å². The fraction of sp³-hybridized carbons (Fsp3) is 0.778. The molecular weight excluding hydrogens is 302 g/mol. The van der Waals surface area contributed by atoms with Gasteiger partial charge in [-0.05, 0) is 43.6 Å². The summed E-state index contributed by atoms with van der Waals surface area (Å²) >= 11 is 0. The second-order valence-corrected chi connectivity index (χ2v) is 7.62. The molecule has 2 amide bonds. The van der Waals surface area contributed by atoms with Crippen LogP contribution in [0.2, 0.25) is 0 Å². The van der Waals surface area contributed by atoms with E-state index in [1.54, 1.807) is 6.20 Å². The summed E-state index contributed by atoms with van der Waals surface area (Å²) in [7, 11) is 0. The van der Waals surface area contributed by atoms with Crippen LogP contribution in [0, 0.1) is 11.8 Å². The molecule has 6 heteroatoms. The average molecular weight is 331 g/mol. The zero-order chi connectivity index (χ0) is 16.4. The molecule has 0 aromatic carbocycles. The van der Waals surface area contributed by atoms with E-state index in [1.165, 1.54) is 25.7 Å². The van der Waals surface area contributed by atoms with Crippen LogP contribution < -0.4 is 5.32 Å². The van der Waals surface area contributed by atoms with E-state index >= 15 is 0 Å². The van der Waals surface area contributed by atoms with Crippen molar-refractivity contribution in [1.29, 1.82) is 0 Å². The van der Waals surface area contributed by atoms with Gasteiger partial charge in [-0.2, -0.15) is 5.10 Å². The van der Waals surface area contributed by atoms with Crippen molar-refractivity contribution in [3.8, 4) is 0 Å². The largest absolute Gasteiger partial charge is 0.338 e. The van der Waals surface area contributed by atoms with Gasteiger partial charge in [0.1, 0.15) is 0 Å². The van der Waals surface area contributed by atoms with E-state index in [-0.39, 0.29) is 6.03 Å². The maximum absolute atomic E-state index is 12.3. The molecule has 0 unspecified atom stereocenters. The standard InChI is InChI=1S/C18H29N5O/c24-18(19-5-1-7-23-8-2-6-20-23)22-11-9-21(10-12-22)17-14-15-3-4-16(17)13-15/h2,6,8,15-17H,1,3-5,7,9-14H2,(H,19,24)/t15-,16-,17-/m0/s1. The number of nitrogens with one attached hydrogen (secondary N) is 1. The summed E-state index contributed by atoms with van der Waals surface area (Å²) in [6.45, 7) is 5.41. The normalized spacial score (nSPS) is 30.0. The number of carbonyl (C=O) groups excluding carboxylic acids is 1. The third-order valence-electron chi connectivity index (χ3n) is 6.17. The molecule has 0 spiro atoms. The zero-order valence-corrected chi connectivity index (χ0v) is 14.4. The summed E-state index contributed by atoms with van der Waals surface area (Å²) < 4.78 is 1.90. The maximum atomic E-state index is 12.3. The first kappa shape index (κ1) is 15.9. The number of hydrogen-bond acceptors (Lipinski definition) is 3. The number of piperazine rings is 1. The average Bonchev–Trinajstić information content (AvgIpc) is 3.36. The molecule has 6 nitrogen and oxygen atoms in total. The van der Waals surface area contributed by atoms with Crippen LogP contribution in [0.3, 0.4) is 0 Å². The van der Waals surface area contributed by atoms with E-state index < -0.39 is 0 Å². The first-order valence-electron chi connectivity index (χ1n) is 9.54. The molecule has 2 bridgehead atoms. The number of carbonyl (C=O) groups is 1. The van der Waals surface area contributed by atoms with Gasteiger partial charge in [-0.25, -0.2) is 4.79 Å². The summed E-state index contributed by atoms with van der Waals surface area (Å²) in [5, 5.41) is 7.23. The molecule has 4 rings (SSSR count). The number of hydrogen-bond donors (Lipinski definition) is 1. The Morgan fingerprint density at radius 3 is 2.71 bits per heavy atom. The fourth-order valence-electron chi connectivity index (χ4n) is 4.90. The van der Waals surface area contributed by atoms with Crippen molar-refractivity contribution in [3.63, 3.8) is 0 Å². The summed E-state index contributed by atoms with van der Waals surface area (Å²) in [4.78, 5) is 16.9. The lowest BCUT2D eigenvalue weighted by molar-refractivity contribution is 0.0827. The van der Waals surface area contributed by atoms with Gasteiger partial charge in [0.25, 0.3) is 0 Å². The number of aromatic nitrogens is 2. The highest BCUT2D eigenvalue weighted by atomic mass is 16.2. The van der Waals surface area contributed by atoms with Crippen molar-refractivity contribution < 1.29 is 4.79 Å². The number of amides is 2. The van der Waals surface area contributed by atoms with E-state index in [0.717, 1.165) is 57.0 Å². The topological polar surface area (TPSA) is 53.4 Å². The molecule has 1 aromatic heterocycles. The van der Waals surface area contributed by atoms with Crippen LogP contribution in [0.25, 0.3) is 0 Å². The van der Waals surface area contributed by atoms with Gasteiger partial charge in [0, 0.05) is 57.7 Å². The minimum absolute atomic E-state index is 0.100. The van der Waals surface area contributed by atoms with Crippen molar-refractivity contribution in [2.24, 2.45) is 11.8 Å². The lowest BCUT2D eigenvalue weighted by Crippen LogP contribution is -2.55. The van der Waals surface area contributed by atoms with Crippen LogP contribution in [0.4, 0.5) is 4.79 Å². The Labute approximate surface area is 144 Å². The third kappa shape index (κ3) is 3.43. The van der Waals surface area contributed by atoms with Gasteiger partial charge >= 0.3 is 6.03 Å². The van der Waals surface area contributed by atoms with Crippen LogP contribution in [0.1, 0.15) is 32.1 Å². The molecule has 1 N–H and O–H groups in total. The van der Waals surface area contributed by atoms with Crippen molar-refractivity contribution >= 4 is 6.03 Å². The molecule has 2 saturated carbocycles. The van der Waals surface area contributed by atoms with Gasteiger partial charge in [-0.15, -0.1) is 0 Å². The van der Waals surface area contributed by atoms with Crippen LogP contribution >= 0.6 is 0 Å². The van der Waals surface area contributed by atoms with Crippen LogP contribution in [-0.2, 0) is 6.54 Å². The fourth-order valence-corrected chi connectivity index (χ4v) is 4.90. The minimum atomic E-state index is 0.100. The lowest BCUT2D eigenvalue weighted by Gasteiger charge is -2.41. The van der Waals surface area contributed by atoms with Crippen LogP contribution in [0.15, 0.2) is 18.5 Å². The Morgan fingerprint density at radius 2 is 2.04 bits per heavy atom. The maximum Gasteiger partial charge on any atom is 0.317 e. The van der Waals surface area contributed by atoms with E-state index in [9.17, 15) is 4.79 Å². The monoisotopic (exact) mass is 331 g/mol. The van der Waals surface area contributed by atoms with Crippen molar-refractivity contribution in [3.05, 3.63) is 18.5 Å². The Bertz CT molecular complexity index is 538. The molecule has 24 heavy (non-hydrogen) atoms. The van der Waals surface area contributed by atoms with Gasteiger partial charge in [0.15, 0.2) is 0 Å². The number of aryl methyl sites for hydroxylation is 1. The second kappa shape index (κ2) is 7.13. The molecule has 3 aliphatic rings. The highest BCUT2D eigenvalue weighted by molar-refractivity contribution is 5.74. The Hall–Kier alpha value is -1.56. The number of rotatable bonds is 5. The molecule has 2 heterocycles. The van der Waals surface area contributed by atoms with E-state index in [4.69, 9.17) is 0 Å². The van der Waals surface area contributed by atoms with E-state index in [0.29, 0.717) is 6.54 Å². The molecular formula is C18H29N5O. The molecule has 132 valence electrons. The third-order valence-corrected chi connectivity index (χ3v) is 6.17. The van der Waals surface area contributed by atoms with E-state index in [1.807, 2.05) is 21.8 Å². The summed E-state index contributed by atoms with van der Waals surface area (Å²) in [6.07, 6.45) is 10.4. The van der Waals surface area contributed by atoms with Crippen molar-refractivity contribution in [2.45, 2.75) is 44.7 Å². The molecule has 1 aliphatic heterocycles. The van der Waals surface area contributed by atoms with Crippen molar-refractivity contribution in [1.82, 2.24) is 24.9 Å². The van der Waals surface area contributed by atoms with Crippen molar-refractivity contribution in [2.75, 3.05) is 32.7 Å². The Kier molecular flexibility index (Phi) is 4.74. The molecule has 3 fully saturated rings. The molecule has 0 radical (unpaired) electrons. The van der Waals surface area contributed by atoms with Gasteiger partial charge in [0.2, 0.25) is 0 Å². The van der Waals surface area contributed by atoms with E-state index in [2.05, 4.69) is 15.3 Å². The van der Waals surface area contributed by atoms with Crippen LogP contribution in [0.5, 0.6) is 0 Å². The minimum Gasteiger partial charge on any atom is -0.338 e. The van der Waals surface area contributed by atoms with Gasteiger partial charge in [0.05, 0.1) is 0 Å². The van der Waals surface area contributed by atoms with Crippen LogP contribution in [-0.4, -0.2) is 64.4 Å². The Morgan fingerprint density at radius 1 is 1.17 bits per heavy atom. The van der Waals surface area contributed by atoms with Gasteiger partial charge in [-0.3, -0.25) is 9.58 Å². The summed E-state index contributed by atoms with van der Waals surface area (Å²) in [5.74, 6) is 1.94. The number of fused-ring (bicyclic) bond motifs is 2. The zero-order valence-electron chi connectivity index (χ0n) is 14.4. The lowest BCUT2D eigenvalue weighted by atomic mass is 9.93. The second-order valence-electron chi connectivity index (χ2n) is 7.62. The quantitative estimate of drug-likeness (QED) is 0.837. The number of nitrogens with zero attached hydrogens (tertiary/aromatic N) is 4. The molecule has 3 atom stereocenters. The predicted octanol–water partition coefficient (Wildman–Crippen LogP) is 1.79. The highest BCUT2D eigenvalue weighted by Crippen LogP contribution is 2.46. The highest BCUT2D eigenvalue weighted by Gasteiger charge is 2.42. The molecule has 2 aliphatic carbocycles. The first-order valence-corrected chi connectivity index (χ1v) is 9.54. The molecule has 1 aromatic rings. The first-order chi connectivity index (χ1) is 11.8. The SMILES string of the molecule is O=C(NCCCn1cccn1)N1CCN([C@H]2C[C@H]3CC[C@H]2C3)CC1. The summed E-state index contributed by atoms with van der Waals surface area (Å²) in [5.41, 5.74) is 0. The van der Waals surface area contributed by atoms with Gasteiger partial charge in [-0.1, -0.05) is 6.42 Å². The predicted molar refractivity (Wildman–Crippen MR) is 92.6 cm³/mol.